The van der Waals surface area contributed by atoms with Gasteiger partial charge in [0, 0.05) is 17.6 Å². The van der Waals surface area contributed by atoms with E-state index < -0.39 is 0 Å². The number of rotatable bonds is 3. The van der Waals surface area contributed by atoms with Gasteiger partial charge in [-0.2, -0.15) is 0 Å². The number of hydrogen-bond acceptors (Lipinski definition) is 2. The van der Waals surface area contributed by atoms with E-state index in [4.69, 9.17) is 4.42 Å². The van der Waals surface area contributed by atoms with Gasteiger partial charge in [0.15, 0.2) is 0 Å². The van der Waals surface area contributed by atoms with Crippen molar-refractivity contribution in [2.45, 2.75) is 65.0 Å². The molecule has 2 nitrogen and oxygen atoms in total. The Morgan fingerprint density at radius 1 is 1.25 bits per heavy atom. The Hall–Kier alpha value is -0.760. The van der Waals surface area contributed by atoms with E-state index in [1.54, 1.807) is 0 Å². The lowest BCUT2D eigenvalue weighted by atomic mass is 9.83. The molecular weight excluding hydrogens is 198 g/mol. The predicted molar refractivity (Wildman–Crippen MR) is 66.5 cm³/mol. The molecule has 1 aliphatic carbocycles. The third kappa shape index (κ3) is 2.67. The molecule has 1 aromatic rings. The van der Waals surface area contributed by atoms with Crippen molar-refractivity contribution in [3.05, 3.63) is 23.2 Å². The Morgan fingerprint density at radius 3 is 2.50 bits per heavy atom. The highest BCUT2D eigenvalue weighted by atomic mass is 16.3. The first-order chi connectivity index (χ1) is 7.59. The summed E-state index contributed by atoms with van der Waals surface area (Å²) < 4.78 is 5.55. The van der Waals surface area contributed by atoms with Crippen LogP contribution in [0.4, 0.5) is 0 Å². The normalized spacial score (nSPS) is 19.9. The number of furan rings is 1. The molecule has 2 rings (SSSR count). The molecule has 0 unspecified atom stereocenters. The first kappa shape index (κ1) is 11.7. The molecule has 1 N–H and O–H groups in total. The van der Waals surface area contributed by atoms with Gasteiger partial charge in [-0.25, -0.2) is 0 Å². The van der Waals surface area contributed by atoms with E-state index in [1.165, 1.54) is 37.7 Å². The van der Waals surface area contributed by atoms with Gasteiger partial charge in [0.05, 0.1) is 0 Å². The Kier molecular flexibility index (Phi) is 3.38. The Balaban J connectivity index is 1.93. The molecule has 0 amide bonds. The number of nitrogens with one attached hydrogen (secondary N) is 1. The minimum absolute atomic E-state index is 0.343. The van der Waals surface area contributed by atoms with Crippen molar-refractivity contribution < 1.29 is 4.42 Å². The molecule has 0 bridgehead atoms. The maximum absolute atomic E-state index is 5.55. The lowest BCUT2D eigenvalue weighted by molar-refractivity contribution is 0.252. The quantitative estimate of drug-likeness (QED) is 0.841. The smallest absolute Gasteiger partial charge is 0.105 e. The number of hydrogen-bond donors (Lipinski definition) is 1. The van der Waals surface area contributed by atoms with Gasteiger partial charge in [-0.1, -0.05) is 19.3 Å². The highest BCUT2D eigenvalue weighted by molar-refractivity contribution is 5.20. The predicted octanol–water partition coefficient (Wildman–Crippen LogP) is 3.71. The van der Waals surface area contributed by atoms with Crippen LogP contribution in [-0.2, 0) is 6.54 Å². The third-order valence-electron chi connectivity index (χ3n) is 3.81. The van der Waals surface area contributed by atoms with Gasteiger partial charge in [-0.05, 0) is 39.7 Å². The molecule has 2 heteroatoms. The summed E-state index contributed by atoms with van der Waals surface area (Å²) in [6, 6.07) is 2.15. The maximum Gasteiger partial charge on any atom is 0.105 e. The molecule has 0 aliphatic heterocycles. The summed E-state index contributed by atoms with van der Waals surface area (Å²) in [6.07, 6.45) is 6.76. The van der Waals surface area contributed by atoms with E-state index in [1.807, 2.05) is 13.8 Å². The van der Waals surface area contributed by atoms with E-state index in [0.717, 1.165) is 18.1 Å². The van der Waals surface area contributed by atoms with E-state index in [9.17, 15) is 0 Å². The first-order valence-electron chi connectivity index (χ1n) is 6.40. The molecule has 1 aromatic heterocycles. The zero-order chi connectivity index (χ0) is 11.6. The molecule has 1 fully saturated rings. The molecular formula is C14H23NO. The summed E-state index contributed by atoms with van der Waals surface area (Å²) in [6.45, 7) is 7.36. The molecule has 90 valence electrons. The average Bonchev–Trinajstić information content (AvgIpc) is 2.56. The molecule has 1 aliphatic rings. The Morgan fingerprint density at radius 2 is 1.94 bits per heavy atom. The second-order valence-electron chi connectivity index (χ2n) is 5.41. The van der Waals surface area contributed by atoms with Crippen molar-refractivity contribution in [1.29, 1.82) is 0 Å². The Bertz CT molecular complexity index is 348. The van der Waals surface area contributed by atoms with Gasteiger partial charge in [-0.3, -0.25) is 0 Å². The standard InChI is InChI=1S/C14H23NO/c1-11-9-13(12(2)16-11)10-15-14(3)7-5-4-6-8-14/h9,15H,4-8,10H2,1-3H3. The summed E-state index contributed by atoms with van der Waals surface area (Å²) in [5.74, 6) is 2.08. The summed E-state index contributed by atoms with van der Waals surface area (Å²) in [4.78, 5) is 0. The zero-order valence-corrected chi connectivity index (χ0v) is 10.7. The second-order valence-corrected chi connectivity index (χ2v) is 5.41. The Labute approximate surface area is 98.4 Å². The van der Waals surface area contributed by atoms with E-state index in [2.05, 4.69) is 18.3 Å². The average molecular weight is 221 g/mol. The van der Waals surface area contributed by atoms with Gasteiger partial charge in [0.2, 0.25) is 0 Å². The van der Waals surface area contributed by atoms with E-state index >= 15 is 0 Å². The number of aryl methyl sites for hydroxylation is 2. The van der Waals surface area contributed by atoms with Crippen LogP contribution in [-0.4, -0.2) is 5.54 Å². The van der Waals surface area contributed by atoms with E-state index in [0.29, 0.717) is 5.54 Å². The van der Waals surface area contributed by atoms with E-state index in [-0.39, 0.29) is 0 Å². The van der Waals surface area contributed by atoms with Crippen LogP contribution in [0.5, 0.6) is 0 Å². The van der Waals surface area contributed by atoms with Crippen LogP contribution in [0.1, 0.15) is 56.1 Å². The lowest BCUT2D eigenvalue weighted by Gasteiger charge is -2.34. The fraction of sp³-hybridized carbons (Fsp3) is 0.714. The zero-order valence-electron chi connectivity index (χ0n) is 10.7. The molecule has 0 radical (unpaired) electrons. The van der Waals surface area contributed by atoms with Crippen LogP contribution in [0.25, 0.3) is 0 Å². The minimum Gasteiger partial charge on any atom is -0.466 e. The molecule has 0 spiro atoms. The van der Waals surface area contributed by atoms with Gasteiger partial charge in [0.1, 0.15) is 11.5 Å². The fourth-order valence-electron chi connectivity index (χ4n) is 2.68. The van der Waals surface area contributed by atoms with Crippen molar-refractivity contribution in [1.82, 2.24) is 5.32 Å². The van der Waals surface area contributed by atoms with Crippen LogP contribution in [0, 0.1) is 13.8 Å². The molecule has 0 atom stereocenters. The fourth-order valence-corrected chi connectivity index (χ4v) is 2.68. The highest BCUT2D eigenvalue weighted by Gasteiger charge is 2.26. The van der Waals surface area contributed by atoms with Crippen molar-refractivity contribution >= 4 is 0 Å². The maximum atomic E-state index is 5.55. The first-order valence-corrected chi connectivity index (χ1v) is 6.40. The van der Waals surface area contributed by atoms with Crippen molar-refractivity contribution in [3.63, 3.8) is 0 Å². The van der Waals surface area contributed by atoms with Gasteiger partial charge >= 0.3 is 0 Å². The van der Waals surface area contributed by atoms with Gasteiger partial charge in [0.25, 0.3) is 0 Å². The van der Waals surface area contributed by atoms with Crippen molar-refractivity contribution in [3.8, 4) is 0 Å². The topological polar surface area (TPSA) is 25.2 Å². The van der Waals surface area contributed by atoms with Crippen LogP contribution >= 0.6 is 0 Å². The summed E-state index contributed by atoms with van der Waals surface area (Å²) >= 11 is 0. The van der Waals surface area contributed by atoms with Crippen LogP contribution in [0.2, 0.25) is 0 Å². The lowest BCUT2D eigenvalue weighted by Crippen LogP contribution is -2.43. The van der Waals surface area contributed by atoms with Crippen LogP contribution < -0.4 is 5.32 Å². The van der Waals surface area contributed by atoms with Crippen molar-refractivity contribution in [2.75, 3.05) is 0 Å². The minimum atomic E-state index is 0.343. The molecule has 0 saturated heterocycles. The second kappa shape index (κ2) is 4.62. The molecule has 16 heavy (non-hydrogen) atoms. The summed E-state index contributed by atoms with van der Waals surface area (Å²) in [5, 5.41) is 3.71. The molecule has 1 heterocycles. The highest BCUT2D eigenvalue weighted by Crippen LogP contribution is 2.28. The summed E-state index contributed by atoms with van der Waals surface area (Å²) in [7, 11) is 0. The third-order valence-corrected chi connectivity index (χ3v) is 3.81. The van der Waals surface area contributed by atoms with Crippen molar-refractivity contribution in [2.24, 2.45) is 0 Å². The van der Waals surface area contributed by atoms with Crippen LogP contribution in [0.3, 0.4) is 0 Å². The largest absolute Gasteiger partial charge is 0.466 e. The SMILES string of the molecule is Cc1cc(CNC2(C)CCCCC2)c(C)o1. The molecule has 0 aromatic carbocycles. The molecule has 1 saturated carbocycles. The van der Waals surface area contributed by atoms with Gasteiger partial charge in [-0.15, -0.1) is 0 Å². The summed E-state index contributed by atoms with van der Waals surface area (Å²) in [5.41, 5.74) is 1.65. The van der Waals surface area contributed by atoms with Gasteiger partial charge < -0.3 is 9.73 Å². The monoisotopic (exact) mass is 221 g/mol. The van der Waals surface area contributed by atoms with Crippen LogP contribution in [0.15, 0.2) is 10.5 Å².